The maximum Gasteiger partial charge on any atom is 0.118 e. The SMILES string of the molecule is C=CC(C)C(c1ccccc1)c1ccc(OC)cc1. The van der Waals surface area contributed by atoms with Crippen LogP contribution in [0.2, 0.25) is 0 Å². The molecular formula is C18H20O. The maximum absolute atomic E-state index is 5.22. The van der Waals surface area contributed by atoms with E-state index >= 15 is 0 Å². The molecule has 0 saturated carbocycles. The van der Waals surface area contributed by atoms with Crippen molar-refractivity contribution >= 4 is 0 Å². The number of hydrogen-bond acceptors (Lipinski definition) is 1. The summed E-state index contributed by atoms with van der Waals surface area (Å²) in [5, 5.41) is 0. The Morgan fingerprint density at radius 1 is 0.947 bits per heavy atom. The first-order valence-electron chi connectivity index (χ1n) is 6.57. The van der Waals surface area contributed by atoms with E-state index in [0.717, 1.165) is 5.75 Å². The van der Waals surface area contributed by atoms with E-state index in [4.69, 9.17) is 4.74 Å². The van der Waals surface area contributed by atoms with Crippen LogP contribution in [0.25, 0.3) is 0 Å². The summed E-state index contributed by atoms with van der Waals surface area (Å²) in [7, 11) is 1.69. The number of ether oxygens (including phenoxy) is 1. The fourth-order valence-corrected chi connectivity index (χ4v) is 2.41. The Labute approximate surface area is 115 Å². The van der Waals surface area contributed by atoms with E-state index < -0.39 is 0 Å². The van der Waals surface area contributed by atoms with E-state index in [0.29, 0.717) is 11.8 Å². The van der Waals surface area contributed by atoms with Gasteiger partial charge in [0.1, 0.15) is 5.75 Å². The van der Waals surface area contributed by atoms with E-state index in [1.54, 1.807) is 7.11 Å². The van der Waals surface area contributed by atoms with Crippen LogP contribution >= 0.6 is 0 Å². The van der Waals surface area contributed by atoms with E-state index in [9.17, 15) is 0 Å². The van der Waals surface area contributed by atoms with E-state index in [1.165, 1.54) is 11.1 Å². The van der Waals surface area contributed by atoms with Crippen LogP contribution in [0.4, 0.5) is 0 Å². The number of rotatable bonds is 5. The average Bonchev–Trinajstić information content (AvgIpc) is 2.49. The molecule has 0 spiro atoms. The molecule has 2 aromatic carbocycles. The van der Waals surface area contributed by atoms with Crippen molar-refractivity contribution in [1.82, 2.24) is 0 Å². The summed E-state index contributed by atoms with van der Waals surface area (Å²) < 4.78 is 5.22. The van der Waals surface area contributed by atoms with Gasteiger partial charge in [0.25, 0.3) is 0 Å². The largest absolute Gasteiger partial charge is 0.497 e. The van der Waals surface area contributed by atoms with Crippen LogP contribution in [0.15, 0.2) is 67.3 Å². The summed E-state index contributed by atoms with van der Waals surface area (Å²) in [5.74, 6) is 1.61. The van der Waals surface area contributed by atoms with Crippen LogP contribution in [0.1, 0.15) is 24.0 Å². The first kappa shape index (κ1) is 13.4. The molecule has 2 aromatic rings. The predicted molar refractivity (Wildman–Crippen MR) is 80.6 cm³/mol. The normalized spacial score (nSPS) is 13.6. The van der Waals surface area contributed by atoms with Crippen molar-refractivity contribution in [3.63, 3.8) is 0 Å². The lowest BCUT2D eigenvalue weighted by atomic mass is 9.82. The minimum Gasteiger partial charge on any atom is -0.497 e. The predicted octanol–water partition coefficient (Wildman–Crippen LogP) is 4.65. The summed E-state index contributed by atoms with van der Waals surface area (Å²) in [6, 6.07) is 18.9. The molecule has 0 radical (unpaired) electrons. The highest BCUT2D eigenvalue weighted by Crippen LogP contribution is 2.33. The second-order valence-corrected chi connectivity index (χ2v) is 4.76. The first-order chi connectivity index (χ1) is 9.26. The Morgan fingerprint density at radius 2 is 1.53 bits per heavy atom. The second-order valence-electron chi connectivity index (χ2n) is 4.76. The van der Waals surface area contributed by atoms with Gasteiger partial charge in [-0.15, -0.1) is 6.58 Å². The molecule has 98 valence electrons. The van der Waals surface area contributed by atoms with E-state index in [1.807, 2.05) is 24.3 Å². The Bertz CT molecular complexity index is 513. The number of benzene rings is 2. The lowest BCUT2D eigenvalue weighted by Crippen LogP contribution is -2.09. The molecule has 2 unspecified atom stereocenters. The Hall–Kier alpha value is -2.02. The molecule has 0 saturated heterocycles. The smallest absolute Gasteiger partial charge is 0.118 e. The van der Waals surface area contributed by atoms with Crippen molar-refractivity contribution in [3.8, 4) is 5.75 Å². The standard InChI is InChI=1S/C18H20O/c1-4-14(2)18(15-8-6-5-7-9-15)16-10-12-17(19-3)13-11-16/h4-14,18H,1H2,2-3H3. The van der Waals surface area contributed by atoms with E-state index in [2.05, 4.69) is 49.9 Å². The molecule has 0 fully saturated rings. The zero-order valence-electron chi connectivity index (χ0n) is 11.5. The van der Waals surface area contributed by atoms with Crippen molar-refractivity contribution < 1.29 is 4.74 Å². The molecule has 2 atom stereocenters. The molecule has 0 heterocycles. The van der Waals surface area contributed by atoms with Gasteiger partial charge in [0.15, 0.2) is 0 Å². The molecule has 19 heavy (non-hydrogen) atoms. The molecule has 1 nitrogen and oxygen atoms in total. The van der Waals surface area contributed by atoms with Gasteiger partial charge in [-0.3, -0.25) is 0 Å². The van der Waals surface area contributed by atoms with Crippen molar-refractivity contribution in [3.05, 3.63) is 78.4 Å². The molecule has 2 rings (SSSR count). The average molecular weight is 252 g/mol. The number of methoxy groups -OCH3 is 1. The summed E-state index contributed by atoms with van der Waals surface area (Å²) in [6.45, 7) is 6.14. The van der Waals surface area contributed by atoms with Crippen molar-refractivity contribution in [2.45, 2.75) is 12.8 Å². The maximum atomic E-state index is 5.22. The third-order valence-corrected chi connectivity index (χ3v) is 3.53. The Kier molecular flexibility index (Phi) is 4.40. The van der Waals surface area contributed by atoms with Gasteiger partial charge in [-0.05, 0) is 29.2 Å². The first-order valence-corrected chi connectivity index (χ1v) is 6.57. The van der Waals surface area contributed by atoms with Crippen molar-refractivity contribution in [2.75, 3.05) is 7.11 Å². The Morgan fingerprint density at radius 3 is 2.05 bits per heavy atom. The second kappa shape index (κ2) is 6.24. The molecule has 0 aliphatic heterocycles. The third kappa shape index (κ3) is 3.05. The minimum absolute atomic E-state index is 0.338. The van der Waals surface area contributed by atoms with Gasteiger partial charge in [-0.25, -0.2) is 0 Å². The van der Waals surface area contributed by atoms with Crippen molar-refractivity contribution in [1.29, 1.82) is 0 Å². The highest BCUT2D eigenvalue weighted by molar-refractivity contribution is 5.37. The van der Waals surface area contributed by atoms with Crippen LogP contribution in [0.5, 0.6) is 5.75 Å². The van der Waals surface area contributed by atoms with Gasteiger partial charge in [0.05, 0.1) is 7.11 Å². The van der Waals surface area contributed by atoms with Crippen LogP contribution in [0, 0.1) is 5.92 Å². The van der Waals surface area contributed by atoms with Crippen LogP contribution in [-0.2, 0) is 0 Å². The molecule has 0 N–H and O–H groups in total. The fraction of sp³-hybridized carbons (Fsp3) is 0.222. The monoisotopic (exact) mass is 252 g/mol. The lowest BCUT2D eigenvalue weighted by molar-refractivity contribution is 0.414. The van der Waals surface area contributed by atoms with Gasteiger partial charge in [-0.2, -0.15) is 0 Å². The molecule has 0 aromatic heterocycles. The highest BCUT2D eigenvalue weighted by Gasteiger charge is 2.18. The molecular weight excluding hydrogens is 232 g/mol. The quantitative estimate of drug-likeness (QED) is 0.704. The van der Waals surface area contributed by atoms with Gasteiger partial charge >= 0.3 is 0 Å². The van der Waals surface area contributed by atoms with Gasteiger partial charge < -0.3 is 4.74 Å². The zero-order chi connectivity index (χ0) is 13.7. The van der Waals surface area contributed by atoms with Gasteiger partial charge in [0, 0.05) is 5.92 Å². The summed E-state index contributed by atoms with van der Waals surface area (Å²) in [5.41, 5.74) is 2.61. The molecule has 0 aliphatic carbocycles. The van der Waals surface area contributed by atoms with Crippen LogP contribution in [-0.4, -0.2) is 7.11 Å². The lowest BCUT2D eigenvalue weighted by Gasteiger charge is -2.22. The molecule has 1 heteroatoms. The summed E-state index contributed by atoms with van der Waals surface area (Å²) in [6.07, 6.45) is 2.02. The molecule has 0 bridgehead atoms. The Balaban J connectivity index is 2.40. The highest BCUT2D eigenvalue weighted by atomic mass is 16.5. The number of hydrogen-bond donors (Lipinski definition) is 0. The topological polar surface area (TPSA) is 9.23 Å². The molecule has 0 amide bonds. The third-order valence-electron chi connectivity index (χ3n) is 3.53. The van der Waals surface area contributed by atoms with E-state index in [-0.39, 0.29) is 0 Å². The van der Waals surface area contributed by atoms with Gasteiger partial charge in [0.2, 0.25) is 0 Å². The van der Waals surface area contributed by atoms with Crippen LogP contribution < -0.4 is 4.74 Å². The minimum atomic E-state index is 0.338. The number of allylic oxidation sites excluding steroid dienone is 1. The zero-order valence-corrected chi connectivity index (χ0v) is 11.5. The summed E-state index contributed by atoms with van der Waals surface area (Å²) >= 11 is 0. The van der Waals surface area contributed by atoms with Gasteiger partial charge in [-0.1, -0.05) is 55.5 Å². The van der Waals surface area contributed by atoms with Crippen LogP contribution in [0.3, 0.4) is 0 Å². The van der Waals surface area contributed by atoms with Crippen molar-refractivity contribution in [2.24, 2.45) is 5.92 Å². The molecule has 0 aliphatic rings. The summed E-state index contributed by atoms with van der Waals surface area (Å²) in [4.78, 5) is 0. The fourth-order valence-electron chi connectivity index (χ4n) is 2.41.